The Morgan fingerprint density at radius 1 is 1.00 bits per heavy atom. The Balaban J connectivity index is 1.96. The van der Waals surface area contributed by atoms with Crippen LogP contribution in [0, 0.1) is 0 Å². The van der Waals surface area contributed by atoms with E-state index < -0.39 is 11.7 Å². The molecule has 2 rings (SSSR count). The van der Waals surface area contributed by atoms with Gasteiger partial charge in [0.05, 0.1) is 24.6 Å². The Hall–Kier alpha value is -3.09. The van der Waals surface area contributed by atoms with Crippen molar-refractivity contribution in [2.24, 2.45) is 0 Å². The fraction of sp³-hybridized carbons (Fsp3) is 0.278. The fourth-order valence-electron chi connectivity index (χ4n) is 1.92. The normalized spacial score (nSPS) is 10.7. The van der Waals surface area contributed by atoms with Crippen molar-refractivity contribution >= 4 is 29.3 Å². The number of carbonyl (C=O) groups excluding carboxylic acids is 2. The highest BCUT2D eigenvalue weighted by molar-refractivity contribution is 5.89. The third-order valence-corrected chi connectivity index (χ3v) is 2.99. The highest BCUT2D eigenvalue weighted by Gasteiger charge is 2.16. The second kappa shape index (κ2) is 7.65. The molecule has 7 nitrogen and oxygen atoms in total. The molecule has 1 amide bonds. The maximum Gasteiger partial charge on any atom is 0.412 e. The average Bonchev–Trinajstić information content (AvgIpc) is 2.55. The number of aromatic nitrogens is 1. The van der Waals surface area contributed by atoms with E-state index in [1.165, 1.54) is 13.3 Å². The molecular formula is C18H21N3O4. The molecule has 0 atom stereocenters. The van der Waals surface area contributed by atoms with Crippen LogP contribution in [0.1, 0.15) is 31.1 Å². The molecule has 2 aromatic rings. The van der Waals surface area contributed by atoms with E-state index in [-0.39, 0.29) is 5.97 Å². The molecule has 0 aliphatic carbocycles. The largest absolute Gasteiger partial charge is 0.465 e. The van der Waals surface area contributed by atoms with Gasteiger partial charge in [0.2, 0.25) is 0 Å². The summed E-state index contributed by atoms with van der Waals surface area (Å²) in [6, 6.07) is 10.3. The first kappa shape index (κ1) is 18.3. The summed E-state index contributed by atoms with van der Waals surface area (Å²) in [6.45, 7) is 5.38. The first-order chi connectivity index (χ1) is 11.8. The Bertz CT molecular complexity index is 734. The van der Waals surface area contributed by atoms with E-state index >= 15 is 0 Å². The van der Waals surface area contributed by atoms with Gasteiger partial charge in [0.15, 0.2) is 0 Å². The monoisotopic (exact) mass is 343 g/mol. The van der Waals surface area contributed by atoms with Gasteiger partial charge in [-0.25, -0.2) is 14.6 Å². The van der Waals surface area contributed by atoms with Gasteiger partial charge in [0.1, 0.15) is 11.4 Å². The second-order valence-corrected chi connectivity index (χ2v) is 6.25. The van der Waals surface area contributed by atoms with Crippen molar-refractivity contribution in [3.63, 3.8) is 0 Å². The average molecular weight is 343 g/mol. The first-order valence-corrected chi connectivity index (χ1v) is 7.68. The molecule has 0 saturated heterocycles. The summed E-state index contributed by atoms with van der Waals surface area (Å²) < 4.78 is 9.83. The van der Waals surface area contributed by atoms with E-state index in [1.807, 2.05) is 0 Å². The predicted octanol–water partition coefficient (Wildman–Crippen LogP) is 3.96. The summed E-state index contributed by atoms with van der Waals surface area (Å²) in [5.74, 6) is 0.211. The van der Waals surface area contributed by atoms with Crippen LogP contribution < -0.4 is 10.6 Å². The molecule has 0 spiro atoms. The minimum Gasteiger partial charge on any atom is -0.465 e. The van der Waals surface area contributed by atoms with Crippen molar-refractivity contribution in [1.82, 2.24) is 4.98 Å². The van der Waals surface area contributed by atoms with E-state index in [1.54, 1.807) is 57.2 Å². The Labute approximate surface area is 146 Å². The molecule has 7 heteroatoms. The Morgan fingerprint density at radius 3 is 2.16 bits per heavy atom. The zero-order chi connectivity index (χ0) is 18.4. The maximum absolute atomic E-state index is 11.7. The third-order valence-electron chi connectivity index (χ3n) is 2.99. The van der Waals surface area contributed by atoms with Gasteiger partial charge in [-0.3, -0.25) is 5.32 Å². The number of nitrogens with one attached hydrogen (secondary N) is 2. The molecule has 25 heavy (non-hydrogen) atoms. The summed E-state index contributed by atoms with van der Waals surface area (Å²) in [5, 5.41) is 5.71. The van der Waals surface area contributed by atoms with Gasteiger partial charge in [-0.15, -0.1) is 0 Å². The zero-order valence-electron chi connectivity index (χ0n) is 14.6. The molecule has 0 radical (unpaired) electrons. The smallest absolute Gasteiger partial charge is 0.412 e. The first-order valence-electron chi connectivity index (χ1n) is 7.68. The SMILES string of the molecule is COC(=O)c1ccc(Nc2ccc(NC(=O)OC(C)(C)C)cn2)cc1. The molecule has 0 aliphatic rings. The lowest BCUT2D eigenvalue weighted by Gasteiger charge is -2.19. The van der Waals surface area contributed by atoms with Crippen LogP contribution in [-0.2, 0) is 9.47 Å². The lowest BCUT2D eigenvalue weighted by molar-refractivity contribution is 0.0598. The number of pyridine rings is 1. The van der Waals surface area contributed by atoms with Crippen molar-refractivity contribution in [1.29, 1.82) is 0 Å². The van der Waals surface area contributed by atoms with Crippen LogP contribution >= 0.6 is 0 Å². The van der Waals surface area contributed by atoms with Crippen molar-refractivity contribution in [3.05, 3.63) is 48.2 Å². The van der Waals surface area contributed by atoms with Crippen LogP contribution in [0.2, 0.25) is 0 Å². The van der Waals surface area contributed by atoms with Gasteiger partial charge in [-0.1, -0.05) is 0 Å². The van der Waals surface area contributed by atoms with Gasteiger partial charge in [-0.05, 0) is 57.2 Å². The number of hydrogen-bond donors (Lipinski definition) is 2. The molecule has 2 N–H and O–H groups in total. The summed E-state index contributed by atoms with van der Waals surface area (Å²) in [4.78, 5) is 27.3. The van der Waals surface area contributed by atoms with Crippen LogP contribution in [0.15, 0.2) is 42.6 Å². The molecule has 1 aromatic heterocycles. The summed E-state index contributed by atoms with van der Waals surface area (Å²) in [5.41, 5.74) is 1.21. The number of nitrogens with zero attached hydrogens (tertiary/aromatic N) is 1. The zero-order valence-corrected chi connectivity index (χ0v) is 14.6. The van der Waals surface area contributed by atoms with Crippen LogP contribution in [0.5, 0.6) is 0 Å². The molecule has 1 heterocycles. The number of methoxy groups -OCH3 is 1. The molecule has 0 aliphatic heterocycles. The van der Waals surface area contributed by atoms with E-state index in [9.17, 15) is 9.59 Å². The standard InChI is InChI=1S/C18H21N3O4/c1-18(2,3)25-17(23)21-14-9-10-15(19-11-14)20-13-7-5-12(6-8-13)16(22)24-4/h5-11H,1-4H3,(H,19,20)(H,21,23). The predicted molar refractivity (Wildman–Crippen MR) is 95.2 cm³/mol. The summed E-state index contributed by atoms with van der Waals surface area (Å²) in [6.07, 6.45) is 0.989. The molecule has 0 unspecified atom stereocenters. The quantitative estimate of drug-likeness (QED) is 0.817. The third kappa shape index (κ3) is 5.80. The van der Waals surface area contributed by atoms with Crippen molar-refractivity contribution < 1.29 is 19.1 Å². The van der Waals surface area contributed by atoms with E-state index in [0.717, 1.165) is 5.69 Å². The number of carbonyl (C=O) groups is 2. The van der Waals surface area contributed by atoms with Crippen LogP contribution in [0.25, 0.3) is 0 Å². The molecule has 0 bridgehead atoms. The van der Waals surface area contributed by atoms with Crippen molar-refractivity contribution in [3.8, 4) is 0 Å². The van der Waals surface area contributed by atoms with Gasteiger partial charge in [-0.2, -0.15) is 0 Å². The summed E-state index contributed by atoms with van der Waals surface area (Å²) in [7, 11) is 1.34. The minimum atomic E-state index is -0.560. The van der Waals surface area contributed by atoms with Gasteiger partial charge in [0.25, 0.3) is 0 Å². The van der Waals surface area contributed by atoms with E-state index in [4.69, 9.17) is 4.74 Å². The number of esters is 1. The van der Waals surface area contributed by atoms with Gasteiger partial charge in [0, 0.05) is 5.69 Å². The number of hydrogen-bond acceptors (Lipinski definition) is 6. The molecule has 0 saturated carbocycles. The number of benzene rings is 1. The molecule has 0 fully saturated rings. The number of anilines is 3. The second-order valence-electron chi connectivity index (χ2n) is 6.25. The van der Waals surface area contributed by atoms with Crippen molar-refractivity contribution in [2.45, 2.75) is 26.4 Å². The van der Waals surface area contributed by atoms with Crippen molar-refractivity contribution in [2.75, 3.05) is 17.7 Å². The van der Waals surface area contributed by atoms with E-state index in [0.29, 0.717) is 17.1 Å². The molecule has 132 valence electrons. The number of ether oxygens (including phenoxy) is 2. The van der Waals surface area contributed by atoms with E-state index in [2.05, 4.69) is 20.4 Å². The van der Waals surface area contributed by atoms with Crippen LogP contribution in [0.3, 0.4) is 0 Å². The maximum atomic E-state index is 11.7. The fourth-order valence-corrected chi connectivity index (χ4v) is 1.92. The van der Waals surface area contributed by atoms with Gasteiger partial charge >= 0.3 is 12.1 Å². The van der Waals surface area contributed by atoms with Gasteiger partial charge < -0.3 is 14.8 Å². The number of amides is 1. The lowest BCUT2D eigenvalue weighted by Crippen LogP contribution is -2.27. The van der Waals surface area contributed by atoms with Crippen LogP contribution in [-0.4, -0.2) is 29.8 Å². The lowest BCUT2D eigenvalue weighted by atomic mass is 10.2. The Morgan fingerprint density at radius 2 is 1.64 bits per heavy atom. The highest BCUT2D eigenvalue weighted by Crippen LogP contribution is 2.18. The Kier molecular flexibility index (Phi) is 5.59. The van der Waals surface area contributed by atoms with Crippen LogP contribution in [0.4, 0.5) is 22.0 Å². The highest BCUT2D eigenvalue weighted by atomic mass is 16.6. The molecular weight excluding hydrogens is 322 g/mol. The molecule has 1 aromatic carbocycles. The minimum absolute atomic E-state index is 0.387. The number of rotatable bonds is 4. The summed E-state index contributed by atoms with van der Waals surface area (Å²) >= 11 is 0. The topological polar surface area (TPSA) is 89.6 Å².